The molecule has 102 valence electrons. The van der Waals surface area contributed by atoms with E-state index < -0.39 is 0 Å². The number of hydrogen-bond donors (Lipinski definition) is 2. The lowest BCUT2D eigenvalue weighted by Crippen LogP contribution is -1.99. The van der Waals surface area contributed by atoms with E-state index >= 15 is 0 Å². The van der Waals surface area contributed by atoms with Crippen molar-refractivity contribution in [3.05, 3.63) is 24.7 Å². The van der Waals surface area contributed by atoms with Crippen LogP contribution in [0.25, 0.3) is 22.3 Å². The largest absolute Gasteiger partial charge is 0.492 e. The van der Waals surface area contributed by atoms with Crippen LogP contribution < -0.4 is 10.1 Å². The predicted octanol–water partition coefficient (Wildman–Crippen LogP) is 1.86. The van der Waals surface area contributed by atoms with Crippen LogP contribution >= 0.6 is 0 Å². The molecule has 0 aliphatic carbocycles. The van der Waals surface area contributed by atoms with E-state index in [-0.39, 0.29) is 0 Å². The van der Waals surface area contributed by atoms with Crippen molar-refractivity contribution in [3.63, 3.8) is 0 Å². The lowest BCUT2D eigenvalue weighted by Gasteiger charge is -2.07. The molecule has 7 heteroatoms. The smallest absolute Gasteiger partial charge is 0.225 e. The van der Waals surface area contributed by atoms with Crippen LogP contribution in [0, 0.1) is 0 Å². The van der Waals surface area contributed by atoms with Gasteiger partial charge in [0.2, 0.25) is 5.95 Å². The molecule has 2 N–H and O–H groups in total. The summed E-state index contributed by atoms with van der Waals surface area (Å²) in [7, 11) is 1.77. The van der Waals surface area contributed by atoms with Gasteiger partial charge in [0.05, 0.1) is 30.1 Å². The molecule has 3 rings (SSSR count). The topological polar surface area (TPSA) is 88.6 Å². The van der Waals surface area contributed by atoms with Gasteiger partial charge in [-0.15, -0.1) is 0 Å². The normalized spacial score (nSPS) is 10.7. The van der Waals surface area contributed by atoms with Gasteiger partial charge in [0.1, 0.15) is 5.75 Å². The molecule has 0 spiro atoms. The molecule has 0 bridgehead atoms. The molecule has 3 heterocycles. The molecule has 0 fully saturated rings. The summed E-state index contributed by atoms with van der Waals surface area (Å²) in [5, 5.41) is 10.7. The first kappa shape index (κ1) is 12.3. The maximum atomic E-state index is 5.47. The number of nitrogens with one attached hydrogen (secondary N) is 2. The molecule has 0 aliphatic heterocycles. The third-order valence-corrected chi connectivity index (χ3v) is 2.83. The second-order valence-corrected chi connectivity index (χ2v) is 4.12. The van der Waals surface area contributed by atoms with E-state index in [2.05, 4.69) is 30.5 Å². The summed E-state index contributed by atoms with van der Waals surface area (Å²) < 4.78 is 5.47. The summed E-state index contributed by atoms with van der Waals surface area (Å²) >= 11 is 0. The number of pyridine rings is 1. The number of aromatic nitrogens is 5. The van der Waals surface area contributed by atoms with E-state index in [4.69, 9.17) is 4.74 Å². The SMILES string of the molecule is CCOc1cncc(-c2nc(NC)nc3[nH]ncc23)c1. The van der Waals surface area contributed by atoms with E-state index in [0.717, 1.165) is 16.6 Å². The molecule has 0 unspecified atom stereocenters. The Morgan fingerprint density at radius 2 is 2.15 bits per heavy atom. The highest BCUT2D eigenvalue weighted by molar-refractivity contribution is 5.90. The molecule has 7 nitrogen and oxygen atoms in total. The van der Waals surface area contributed by atoms with Crippen molar-refractivity contribution in [1.82, 2.24) is 25.1 Å². The lowest BCUT2D eigenvalue weighted by atomic mass is 10.1. The number of rotatable bonds is 4. The lowest BCUT2D eigenvalue weighted by molar-refractivity contribution is 0.339. The standard InChI is InChI=1S/C13H14N6O/c1-3-20-9-4-8(5-15-6-9)11-10-7-16-19-12(10)18-13(14-2)17-11/h4-7H,3H2,1-2H3,(H2,14,16,17,18,19). The Bertz CT molecular complexity index is 739. The second-order valence-electron chi connectivity index (χ2n) is 4.12. The number of H-pyrrole nitrogens is 1. The molecule has 0 radical (unpaired) electrons. The highest BCUT2D eigenvalue weighted by atomic mass is 16.5. The maximum absolute atomic E-state index is 5.47. The molecule has 0 atom stereocenters. The fraction of sp³-hybridized carbons (Fsp3) is 0.231. The predicted molar refractivity (Wildman–Crippen MR) is 75.6 cm³/mol. The van der Waals surface area contributed by atoms with E-state index in [1.54, 1.807) is 25.6 Å². The Kier molecular flexibility index (Phi) is 3.16. The molecule has 0 amide bonds. The van der Waals surface area contributed by atoms with Crippen LogP contribution in [-0.2, 0) is 0 Å². The number of ether oxygens (including phenoxy) is 1. The summed E-state index contributed by atoms with van der Waals surface area (Å²) in [6.07, 6.45) is 5.13. The van der Waals surface area contributed by atoms with Crippen molar-refractivity contribution in [2.45, 2.75) is 6.92 Å². The van der Waals surface area contributed by atoms with Crippen molar-refractivity contribution in [2.24, 2.45) is 0 Å². The van der Waals surface area contributed by atoms with Crippen molar-refractivity contribution >= 4 is 17.0 Å². The van der Waals surface area contributed by atoms with Crippen molar-refractivity contribution in [1.29, 1.82) is 0 Å². The molecule has 0 saturated carbocycles. The zero-order valence-electron chi connectivity index (χ0n) is 11.2. The Morgan fingerprint density at radius 1 is 1.25 bits per heavy atom. The number of hydrogen-bond acceptors (Lipinski definition) is 6. The number of fused-ring (bicyclic) bond motifs is 1. The van der Waals surface area contributed by atoms with Crippen molar-refractivity contribution < 1.29 is 4.74 Å². The van der Waals surface area contributed by atoms with Crippen LogP contribution in [-0.4, -0.2) is 38.8 Å². The zero-order valence-corrected chi connectivity index (χ0v) is 11.2. The van der Waals surface area contributed by atoms with Crippen molar-refractivity contribution in [2.75, 3.05) is 19.0 Å². The Morgan fingerprint density at radius 3 is 2.95 bits per heavy atom. The molecular weight excluding hydrogens is 256 g/mol. The first-order chi connectivity index (χ1) is 9.81. The third kappa shape index (κ3) is 2.13. The second kappa shape index (κ2) is 5.12. The quantitative estimate of drug-likeness (QED) is 0.752. The Balaban J connectivity index is 2.17. The van der Waals surface area contributed by atoms with Gasteiger partial charge < -0.3 is 10.1 Å². The Hall–Kier alpha value is -2.70. The average molecular weight is 270 g/mol. The van der Waals surface area contributed by atoms with Gasteiger partial charge >= 0.3 is 0 Å². The van der Waals surface area contributed by atoms with Gasteiger partial charge in [0.15, 0.2) is 5.65 Å². The Labute approximate surface area is 115 Å². The fourth-order valence-electron chi connectivity index (χ4n) is 1.96. The summed E-state index contributed by atoms with van der Waals surface area (Å²) in [4.78, 5) is 13.0. The zero-order chi connectivity index (χ0) is 13.9. The first-order valence-corrected chi connectivity index (χ1v) is 6.29. The molecule has 0 aromatic carbocycles. The van der Waals surface area contributed by atoms with Crippen LogP contribution in [0.2, 0.25) is 0 Å². The minimum atomic E-state index is 0.526. The van der Waals surface area contributed by atoms with E-state index in [1.807, 2.05) is 13.0 Å². The monoisotopic (exact) mass is 270 g/mol. The van der Waals surface area contributed by atoms with Gasteiger partial charge in [-0.2, -0.15) is 10.1 Å². The molecule has 0 saturated heterocycles. The fourth-order valence-corrected chi connectivity index (χ4v) is 1.96. The van der Waals surface area contributed by atoms with Crippen LogP contribution in [0.15, 0.2) is 24.7 Å². The molecule has 3 aromatic rings. The summed E-state index contributed by atoms with van der Waals surface area (Å²) in [6, 6.07) is 1.91. The van der Waals surface area contributed by atoms with Crippen LogP contribution in [0.1, 0.15) is 6.92 Å². The van der Waals surface area contributed by atoms with Crippen LogP contribution in [0.3, 0.4) is 0 Å². The number of aromatic amines is 1. The van der Waals surface area contributed by atoms with E-state index in [0.29, 0.717) is 24.0 Å². The minimum Gasteiger partial charge on any atom is -0.492 e. The van der Waals surface area contributed by atoms with E-state index in [9.17, 15) is 0 Å². The van der Waals surface area contributed by atoms with Crippen LogP contribution in [0.5, 0.6) is 5.75 Å². The summed E-state index contributed by atoms with van der Waals surface area (Å²) in [6.45, 7) is 2.53. The molecule has 3 aromatic heterocycles. The molecule has 20 heavy (non-hydrogen) atoms. The third-order valence-electron chi connectivity index (χ3n) is 2.83. The highest BCUT2D eigenvalue weighted by Gasteiger charge is 2.12. The van der Waals surface area contributed by atoms with Gasteiger partial charge in [-0.3, -0.25) is 10.1 Å². The molecule has 0 aliphatic rings. The number of anilines is 1. The van der Waals surface area contributed by atoms with Crippen molar-refractivity contribution in [3.8, 4) is 17.0 Å². The van der Waals surface area contributed by atoms with Gasteiger partial charge in [-0.1, -0.05) is 0 Å². The average Bonchev–Trinajstić information content (AvgIpc) is 2.95. The maximum Gasteiger partial charge on any atom is 0.225 e. The molecular formula is C13H14N6O. The highest BCUT2D eigenvalue weighted by Crippen LogP contribution is 2.27. The van der Waals surface area contributed by atoms with Gasteiger partial charge in [0.25, 0.3) is 0 Å². The summed E-state index contributed by atoms with van der Waals surface area (Å²) in [5.74, 6) is 1.24. The van der Waals surface area contributed by atoms with Crippen LogP contribution in [0.4, 0.5) is 5.95 Å². The van der Waals surface area contributed by atoms with Gasteiger partial charge in [-0.05, 0) is 13.0 Å². The van der Waals surface area contributed by atoms with E-state index in [1.165, 1.54) is 0 Å². The minimum absolute atomic E-state index is 0.526. The number of nitrogens with zero attached hydrogens (tertiary/aromatic N) is 4. The summed E-state index contributed by atoms with van der Waals surface area (Å²) in [5.41, 5.74) is 2.31. The first-order valence-electron chi connectivity index (χ1n) is 6.29. The van der Waals surface area contributed by atoms with Gasteiger partial charge in [-0.25, -0.2) is 4.98 Å². The van der Waals surface area contributed by atoms with Gasteiger partial charge in [0, 0.05) is 18.8 Å².